The van der Waals surface area contributed by atoms with Crippen molar-refractivity contribution in [1.29, 1.82) is 0 Å². The van der Waals surface area contributed by atoms with E-state index in [1.54, 1.807) is 25.3 Å². The Bertz CT molecular complexity index is 470. The molecule has 3 nitrogen and oxygen atoms in total. The average Bonchev–Trinajstić information content (AvgIpc) is 2.38. The summed E-state index contributed by atoms with van der Waals surface area (Å²) in [6, 6.07) is 3.58. The largest absolute Gasteiger partial charge is 0.474 e. The van der Waals surface area contributed by atoms with Gasteiger partial charge in [-0.05, 0) is 49.7 Å². The van der Waals surface area contributed by atoms with Crippen LogP contribution in [0.15, 0.2) is 18.3 Å². The molecular formula is C17H25NO2. The van der Waals surface area contributed by atoms with Crippen LogP contribution in [0, 0.1) is 17.8 Å². The Kier molecular flexibility index (Phi) is 4.79. The Morgan fingerprint density at radius 2 is 2.15 bits per heavy atom. The number of carbonyl (C=O) groups is 1. The number of hydrogen-bond acceptors (Lipinski definition) is 3. The third-order valence-electron chi connectivity index (χ3n) is 4.37. The second-order valence-corrected chi connectivity index (χ2v) is 6.39. The molecule has 20 heavy (non-hydrogen) atoms. The third kappa shape index (κ3) is 3.38. The predicted molar refractivity (Wildman–Crippen MR) is 80.0 cm³/mol. The monoisotopic (exact) mass is 275 g/mol. The van der Waals surface area contributed by atoms with Gasteiger partial charge in [-0.3, -0.25) is 4.79 Å². The average molecular weight is 275 g/mol. The van der Waals surface area contributed by atoms with Crippen LogP contribution < -0.4 is 4.74 Å². The molecule has 0 radical (unpaired) electrons. The highest BCUT2D eigenvalue weighted by atomic mass is 16.5. The van der Waals surface area contributed by atoms with E-state index in [1.165, 1.54) is 12.8 Å². The summed E-state index contributed by atoms with van der Waals surface area (Å²) in [7, 11) is 0. The first-order chi connectivity index (χ1) is 9.49. The van der Waals surface area contributed by atoms with Crippen molar-refractivity contribution in [3.8, 4) is 5.88 Å². The molecule has 1 aromatic heterocycles. The molecule has 1 aliphatic rings. The van der Waals surface area contributed by atoms with Crippen molar-refractivity contribution in [3.63, 3.8) is 0 Å². The molecule has 0 saturated heterocycles. The maximum atomic E-state index is 11.7. The number of aromatic nitrogens is 1. The van der Waals surface area contributed by atoms with Gasteiger partial charge in [-0.2, -0.15) is 0 Å². The molecule has 0 amide bonds. The molecular weight excluding hydrogens is 250 g/mol. The number of nitrogens with zero attached hydrogens (tertiary/aromatic N) is 1. The van der Waals surface area contributed by atoms with E-state index in [2.05, 4.69) is 25.8 Å². The van der Waals surface area contributed by atoms with Crippen molar-refractivity contribution in [2.45, 2.75) is 53.1 Å². The summed E-state index contributed by atoms with van der Waals surface area (Å²) in [5, 5.41) is 0. The molecule has 0 aliphatic heterocycles. The van der Waals surface area contributed by atoms with Crippen LogP contribution in [-0.4, -0.2) is 16.9 Å². The molecule has 1 aromatic rings. The highest BCUT2D eigenvalue weighted by Gasteiger charge is 2.33. The fourth-order valence-electron chi connectivity index (χ4n) is 3.15. The highest BCUT2D eigenvalue weighted by Crippen LogP contribution is 2.36. The maximum Gasteiger partial charge on any atom is 0.224 e. The molecule has 0 spiro atoms. The van der Waals surface area contributed by atoms with Crippen LogP contribution in [0.3, 0.4) is 0 Å². The first-order valence-electron chi connectivity index (χ1n) is 7.61. The lowest BCUT2D eigenvalue weighted by Gasteiger charge is -2.37. The molecule has 110 valence electrons. The van der Waals surface area contributed by atoms with Gasteiger partial charge in [0.05, 0.1) is 5.56 Å². The van der Waals surface area contributed by atoms with Gasteiger partial charge in [-0.25, -0.2) is 4.98 Å². The normalized spacial score (nSPS) is 26.6. The van der Waals surface area contributed by atoms with E-state index < -0.39 is 0 Å². The van der Waals surface area contributed by atoms with Gasteiger partial charge in [0, 0.05) is 6.20 Å². The second-order valence-electron chi connectivity index (χ2n) is 6.39. The Morgan fingerprint density at radius 1 is 1.40 bits per heavy atom. The summed E-state index contributed by atoms with van der Waals surface area (Å²) in [5.74, 6) is 2.34. The van der Waals surface area contributed by atoms with Crippen molar-refractivity contribution in [2.75, 3.05) is 0 Å². The highest BCUT2D eigenvalue weighted by molar-refractivity contribution is 5.96. The van der Waals surface area contributed by atoms with Crippen LogP contribution in [0.5, 0.6) is 5.88 Å². The zero-order chi connectivity index (χ0) is 14.7. The SMILES string of the molecule is CC(=O)c1cccnc1OC1CC(C)CCC1C(C)C. The van der Waals surface area contributed by atoms with Crippen LogP contribution in [0.1, 0.15) is 57.3 Å². The van der Waals surface area contributed by atoms with Crippen molar-refractivity contribution in [1.82, 2.24) is 4.98 Å². The van der Waals surface area contributed by atoms with E-state index in [1.807, 2.05) is 0 Å². The summed E-state index contributed by atoms with van der Waals surface area (Å²) in [6.07, 6.45) is 5.39. The molecule has 3 heteroatoms. The van der Waals surface area contributed by atoms with Gasteiger partial charge >= 0.3 is 0 Å². The topological polar surface area (TPSA) is 39.2 Å². The molecule has 0 N–H and O–H groups in total. The smallest absolute Gasteiger partial charge is 0.224 e. The van der Waals surface area contributed by atoms with Crippen LogP contribution >= 0.6 is 0 Å². The number of pyridine rings is 1. The van der Waals surface area contributed by atoms with Crippen LogP contribution in [0.4, 0.5) is 0 Å². The second kappa shape index (κ2) is 6.38. The van der Waals surface area contributed by atoms with Crippen LogP contribution in [0.2, 0.25) is 0 Å². The quantitative estimate of drug-likeness (QED) is 0.776. The van der Waals surface area contributed by atoms with Crippen molar-refractivity contribution in [2.24, 2.45) is 17.8 Å². The summed E-state index contributed by atoms with van der Waals surface area (Å²) in [6.45, 7) is 8.34. The predicted octanol–water partition coefficient (Wildman–Crippen LogP) is 4.12. The first-order valence-corrected chi connectivity index (χ1v) is 7.61. The van der Waals surface area contributed by atoms with E-state index in [0.717, 1.165) is 6.42 Å². The number of rotatable bonds is 4. The number of Topliss-reactive ketones (excluding diaryl/α,β-unsaturated/α-hetero) is 1. The molecule has 1 heterocycles. The number of ether oxygens (including phenoxy) is 1. The van der Waals surface area contributed by atoms with Gasteiger partial charge in [0.1, 0.15) is 6.10 Å². The van der Waals surface area contributed by atoms with E-state index in [0.29, 0.717) is 29.2 Å². The Hall–Kier alpha value is -1.38. The van der Waals surface area contributed by atoms with Gasteiger partial charge < -0.3 is 4.74 Å². The molecule has 1 saturated carbocycles. The van der Waals surface area contributed by atoms with Crippen molar-refractivity contribution >= 4 is 5.78 Å². The summed E-state index contributed by atoms with van der Waals surface area (Å²) < 4.78 is 6.16. The van der Waals surface area contributed by atoms with Crippen LogP contribution in [-0.2, 0) is 0 Å². The zero-order valence-electron chi connectivity index (χ0n) is 12.9. The fourth-order valence-corrected chi connectivity index (χ4v) is 3.15. The van der Waals surface area contributed by atoms with Gasteiger partial charge in [0.15, 0.2) is 5.78 Å². The first kappa shape index (κ1) is 15.0. The summed E-state index contributed by atoms with van der Waals surface area (Å²) >= 11 is 0. The number of ketones is 1. The lowest BCUT2D eigenvalue weighted by atomic mass is 9.75. The summed E-state index contributed by atoms with van der Waals surface area (Å²) in [5.41, 5.74) is 0.591. The lowest BCUT2D eigenvalue weighted by Crippen LogP contribution is -2.36. The Morgan fingerprint density at radius 3 is 2.80 bits per heavy atom. The Labute approximate surface area is 121 Å². The zero-order valence-corrected chi connectivity index (χ0v) is 12.9. The molecule has 2 rings (SSSR count). The standard InChI is InChI=1S/C17H25NO2/c1-11(2)14-8-7-12(3)10-16(14)20-17-15(13(4)19)6-5-9-18-17/h5-6,9,11-12,14,16H,7-8,10H2,1-4H3. The summed E-state index contributed by atoms with van der Waals surface area (Å²) in [4.78, 5) is 15.9. The minimum atomic E-state index is 0.0121. The molecule has 3 unspecified atom stereocenters. The Balaban J connectivity index is 2.20. The minimum absolute atomic E-state index is 0.0121. The van der Waals surface area contributed by atoms with Crippen LogP contribution in [0.25, 0.3) is 0 Å². The molecule has 1 aliphatic carbocycles. The van der Waals surface area contributed by atoms with E-state index >= 15 is 0 Å². The number of hydrogen-bond donors (Lipinski definition) is 0. The van der Waals surface area contributed by atoms with E-state index in [-0.39, 0.29) is 11.9 Å². The third-order valence-corrected chi connectivity index (χ3v) is 4.37. The van der Waals surface area contributed by atoms with Gasteiger partial charge in [-0.15, -0.1) is 0 Å². The maximum absolute atomic E-state index is 11.7. The van der Waals surface area contributed by atoms with Gasteiger partial charge in [-0.1, -0.05) is 27.2 Å². The van der Waals surface area contributed by atoms with Crippen molar-refractivity contribution in [3.05, 3.63) is 23.9 Å². The van der Waals surface area contributed by atoms with E-state index in [4.69, 9.17) is 4.74 Å². The molecule has 3 atom stereocenters. The van der Waals surface area contributed by atoms with Gasteiger partial charge in [0.25, 0.3) is 0 Å². The number of carbonyl (C=O) groups excluding carboxylic acids is 1. The fraction of sp³-hybridized carbons (Fsp3) is 0.647. The lowest BCUT2D eigenvalue weighted by molar-refractivity contribution is 0.0418. The van der Waals surface area contributed by atoms with Crippen molar-refractivity contribution < 1.29 is 9.53 Å². The minimum Gasteiger partial charge on any atom is -0.474 e. The van der Waals surface area contributed by atoms with E-state index in [9.17, 15) is 4.79 Å². The molecule has 0 aromatic carbocycles. The van der Waals surface area contributed by atoms with Gasteiger partial charge in [0.2, 0.25) is 5.88 Å². The molecule has 1 fully saturated rings. The molecule has 0 bridgehead atoms.